The Morgan fingerprint density at radius 2 is 2.16 bits per heavy atom. The van der Waals surface area contributed by atoms with Gasteiger partial charge in [0.05, 0.1) is 15.2 Å². The second-order valence-electron chi connectivity index (χ2n) is 3.88. The molecule has 0 spiro atoms. The standard InChI is InChI=1S/C12H14BrClN2O3/c1-2-4-9(11(17)18)16-12(19)15-8-6-3-5-7(14)10(8)13/h3,5-6,9H,2,4H2,1H3,(H,17,18)(H2,15,16,19)/t9-/m1/s1. The first-order chi connectivity index (χ1) is 8.95. The van der Waals surface area contributed by atoms with Crippen LogP contribution in [-0.4, -0.2) is 23.1 Å². The monoisotopic (exact) mass is 348 g/mol. The highest BCUT2D eigenvalue weighted by molar-refractivity contribution is 9.10. The number of halogens is 2. The van der Waals surface area contributed by atoms with Gasteiger partial charge in [0, 0.05) is 0 Å². The molecule has 1 aromatic rings. The normalized spacial score (nSPS) is 11.7. The first-order valence-electron chi connectivity index (χ1n) is 5.70. The summed E-state index contributed by atoms with van der Waals surface area (Å²) in [6.45, 7) is 1.85. The van der Waals surface area contributed by atoms with Crippen molar-refractivity contribution >= 4 is 45.2 Å². The summed E-state index contributed by atoms with van der Waals surface area (Å²) in [5, 5.41) is 14.4. The molecule has 0 radical (unpaired) electrons. The van der Waals surface area contributed by atoms with Gasteiger partial charge in [0.15, 0.2) is 0 Å². The lowest BCUT2D eigenvalue weighted by Crippen LogP contribution is -2.42. The largest absolute Gasteiger partial charge is 0.480 e. The fraction of sp³-hybridized carbons (Fsp3) is 0.333. The third-order valence-electron chi connectivity index (χ3n) is 2.38. The van der Waals surface area contributed by atoms with Crippen LogP contribution in [-0.2, 0) is 4.79 Å². The third kappa shape index (κ3) is 4.72. The number of urea groups is 1. The Morgan fingerprint density at radius 3 is 2.74 bits per heavy atom. The molecule has 7 heteroatoms. The number of carbonyl (C=O) groups excluding carboxylic acids is 1. The average Bonchev–Trinajstić information content (AvgIpc) is 2.34. The molecule has 0 aliphatic carbocycles. The predicted octanol–water partition coefficient (Wildman–Crippen LogP) is 3.48. The molecule has 0 saturated carbocycles. The first kappa shape index (κ1) is 15.8. The van der Waals surface area contributed by atoms with Crippen LogP contribution >= 0.6 is 27.5 Å². The zero-order chi connectivity index (χ0) is 14.4. The molecule has 5 nitrogen and oxygen atoms in total. The van der Waals surface area contributed by atoms with Crippen LogP contribution in [0.2, 0.25) is 5.02 Å². The summed E-state index contributed by atoms with van der Waals surface area (Å²) in [6.07, 6.45) is 1.04. The molecule has 0 heterocycles. The van der Waals surface area contributed by atoms with Crippen molar-refractivity contribution in [1.29, 1.82) is 0 Å². The van der Waals surface area contributed by atoms with Gasteiger partial charge in [-0.15, -0.1) is 0 Å². The zero-order valence-corrected chi connectivity index (χ0v) is 12.6. The lowest BCUT2D eigenvalue weighted by molar-refractivity contribution is -0.139. The Hall–Kier alpha value is -1.27. The van der Waals surface area contributed by atoms with E-state index in [1.807, 2.05) is 6.92 Å². The number of hydrogen-bond acceptors (Lipinski definition) is 2. The average molecular weight is 350 g/mol. The van der Waals surface area contributed by atoms with Gasteiger partial charge in [0.1, 0.15) is 6.04 Å². The molecule has 1 rings (SSSR count). The van der Waals surface area contributed by atoms with Crippen LogP contribution in [0.5, 0.6) is 0 Å². The predicted molar refractivity (Wildman–Crippen MR) is 77.6 cm³/mol. The Morgan fingerprint density at radius 1 is 1.47 bits per heavy atom. The summed E-state index contributed by atoms with van der Waals surface area (Å²) >= 11 is 9.13. The molecule has 0 fully saturated rings. The number of carboxylic acids is 1. The topological polar surface area (TPSA) is 78.4 Å². The first-order valence-corrected chi connectivity index (χ1v) is 6.87. The van der Waals surface area contributed by atoms with Crippen molar-refractivity contribution in [1.82, 2.24) is 5.32 Å². The van der Waals surface area contributed by atoms with Crippen LogP contribution in [0, 0.1) is 0 Å². The number of amides is 2. The van der Waals surface area contributed by atoms with E-state index in [0.29, 0.717) is 28.0 Å². The minimum Gasteiger partial charge on any atom is -0.480 e. The molecular weight excluding hydrogens is 336 g/mol. The molecule has 1 aromatic carbocycles. The van der Waals surface area contributed by atoms with E-state index in [9.17, 15) is 9.59 Å². The van der Waals surface area contributed by atoms with Gasteiger partial charge in [-0.2, -0.15) is 0 Å². The minimum atomic E-state index is -1.05. The van der Waals surface area contributed by atoms with Crippen molar-refractivity contribution in [2.24, 2.45) is 0 Å². The molecule has 3 N–H and O–H groups in total. The highest BCUT2D eigenvalue weighted by atomic mass is 79.9. The number of rotatable bonds is 5. The van der Waals surface area contributed by atoms with E-state index in [0.717, 1.165) is 0 Å². The zero-order valence-electron chi connectivity index (χ0n) is 10.2. The van der Waals surface area contributed by atoms with Crippen LogP contribution < -0.4 is 10.6 Å². The SMILES string of the molecule is CCC[C@@H](NC(=O)Nc1cccc(Cl)c1Br)C(=O)O. The van der Waals surface area contributed by atoms with Crippen LogP contribution in [0.1, 0.15) is 19.8 Å². The van der Waals surface area contributed by atoms with Gasteiger partial charge in [-0.05, 0) is 34.5 Å². The summed E-state index contributed by atoms with van der Waals surface area (Å²) in [5.74, 6) is -1.05. The number of carbonyl (C=O) groups is 2. The van der Waals surface area contributed by atoms with Gasteiger partial charge in [-0.1, -0.05) is 31.0 Å². The minimum absolute atomic E-state index is 0.374. The van der Waals surface area contributed by atoms with Crippen molar-refractivity contribution in [3.8, 4) is 0 Å². The van der Waals surface area contributed by atoms with Crippen LogP contribution in [0.4, 0.5) is 10.5 Å². The second kappa shape index (κ2) is 7.35. The van der Waals surface area contributed by atoms with E-state index in [4.69, 9.17) is 16.7 Å². The van der Waals surface area contributed by atoms with E-state index in [2.05, 4.69) is 26.6 Å². The maximum absolute atomic E-state index is 11.7. The van der Waals surface area contributed by atoms with Crippen LogP contribution in [0.15, 0.2) is 22.7 Å². The number of nitrogens with one attached hydrogen (secondary N) is 2. The number of anilines is 1. The van der Waals surface area contributed by atoms with Gasteiger partial charge in [-0.3, -0.25) is 0 Å². The summed E-state index contributed by atoms with van der Waals surface area (Å²) < 4.78 is 0.550. The van der Waals surface area contributed by atoms with Gasteiger partial charge in [0.2, 0.25) is 0 Å². The van der Waals surface area contributed by atoms with E-state index in [1.165, 1.54) is 0 Å². The van der Waals surface area contributed by atoms with Crippen molar-refractivity contribution in [2.75, 3.05) is 5.32 Å². The molecular formula is C12H14BrClN2O3. The molecule has 0 unspecified atom stereocenters. The molecule has 0 saturated heterocycles. The summed E-state index contributed by atoms with van der Waals surface area (Å²) in [6, 6.07) is 3.53. The lowest BCUT2D eigenvalue weighted by Gasteiger charge is -2.15. The fourth-order valence-electron chi connectivity index (χ4n) is 1.46. The fourth-order valence-corrected chi connectivity index (χ4v) is 2.00. The molecule has 104 valence electrons. The summed E-state index contributed by atoms with van der Waals surface area (Å²) in [5.41, 5.74) is 0.477. The molecule has 19 heavy (non-hydrogen) atoms. The van der Waals surface area contributed by atoms with Gasteiger partial charge in [0.25, 0.3) is 0 Å². The smallest absolute Gasteiger partial charge is 0.326 e. The third-order valence-corrected chi connectivity index (χ3v) is 3.78. The van der Waals surface area contributed by atoms with E-state index < -0.39 is 18.0 Å². The molecule has 0 aromatic heterocycles. The molecule has 0 aliphatic heterocycles. The Kier molecular flexibility index (Phi) is 6.11. The highest BCUT2D eigenvalue weighted by Gasteiger charge is 2.19. The second-order valence-corrected chi connectivity index (χ2v) is 5.08. The molecule has 0 aliphatic rings. The molecule has 2 amide bonds. The number of hydrogen-bond donors (Lipinski definition) is 3. The Labute approximate surface area is 124 Å². The number of carboxylic acid groups (broad SMARTS) is 1. The highest BCUT2D eigenvalue weighted by Crippen LogP contribution is 2.29. The van der Waals surface area contributed by atoms with Crippen molar-refractivity contribution in [3.63, 3.8) is 0 Å². The van der Waals surface area contributed by atoms with Gasteiger partial charge < -0.3 is 15.7 Å². The van der Waals surface area contributed by atoms with E-state index in [1.54, 1.807) is 18.2 Å². The van der Waals surface area contributed by atoms with E-state index >= 15 is 0 Å². The maximum atomic E-state index is 11.7. The maximum Gasteiger partial charge on any atom is 0.326 e. The van der Waals surface area contributed by atoms with E-state index in [-0.39, 0.29) is 0 Å². The molecule has 1 atom stereocenters. The van der Waals surface area contributed by atoms with Crippen molar-refractivity contribution in [2.45, 2.75) is 25.8 Å². The quantitative estimate of drug-likeness (QED) is 0.761. The Bertz CT molecular complexity index is 482. The Balaban J connectivity index is 2.69. The number of aliphatic carboxylic acids is 1. The van der Waals surface area contributed by atoms with Gasteiger partial charge >= 0.3 is 12.0 Å². The van der Waals surface area contributed by atoms with Crippen LogP contribution in [0.3, 0.4) is 0 Å². The van der Waals surface area contributed by atoms with Gasteiger partial charge in [-0.25, -0.2) is 9.59 Å². The molecule has 0 bridgehead atoms. The number of benzene rings is 1. The summed E-state index contributed by atoms with van der Waals surface area (Å²) in [4.78, 5) is 22.6. The van der Waals surface area contributed by atoms with Crippen molar-refractivity contribution in [3.05, 3.63) is 27.7 Å². The van der Waals surface area contributed by atoms with Crippen LogP contribution in [0.25, 0.3) is 0 Å². The lowest BCUT2D eigenvalue weighted by atomic mass is 10.2. The van der Waals surface area contributed by atoms with Crippen molar-refractivity contribution < 1.29 is 14.7 Å². The summed E-state index contributed by atoms with van der Waals surface area (Å²) in [7, 11) is 0.